The molecule has 0 saturated carbocycles. The van der Waals surface area contributed by atoms with Gasteiger partial charge in [-0.25, -0.2) is 0 Å². The van der Waals surface area contributed by atoms with Crippen molar-refractivity contribution >= 4 is 5.90 Å². The van der Waals surface area contributed by atoms with Gasteiger partial charge in [0.05, 0.1) is 24.1 Å². The Kier molecular flexibility index (Phi) is 3.34. The third-order valence-electron chi connectivity index (χ3n) is 5.11. The summed E-state index contributed by atoms with van der Waals surface area (Å²) in [6, 6.07) is 9.41. The van der Waals surface area contributed by atoms with Crippen molar-refractivity contribution in [2.45, 2.75) is 32.2 Å². The molecule has 0 spiro atoms. The molecule has 2 saturated heterocycles. The monoisotopic (exact) mass is 321 g/mol. The number of hydrogen-bond donors (Lipinski definition) is 1. The highest BCUT2D eigenvalue weighted by atomic mass is 16.7. The maximum atomic E-state index is 9.97. The Bertz CT molecular complexity index is 804. The van der Waals surface area contributed by atoms with Gasteiger partial charge in [-0.2, -0.15) is 15.8 Å². The standard InChI is InChI=1S/C17H15N5O2/c1-3-12-15(2)23-13(11-5-4-6-22-7-11)16(8-18,9-19)17(12,10-20)14(21)24-15/h4-7,12-13,21H,3H2,1-2H3. The summed E-state index contributed by atoms with van der Waals surface area (Å²) >= 11 is 0. The van der Waals surface area contributed by atoms with Crippen LogP contribution >= 0.6 is 0 Å². The Labute approximate surface area is 139 Å². The van der Waals surface area contributed by atoms with Crippen LogP contribution in [0.5, 0.6) is 0 Å². The quantitative estimate of drug-likeness (QED) is 0.891. The molecule has 0 amide bonds. The molecule has 4 atom stereocenters. The summed E-state index contributed by atoms with van der Waals surface area (Å²) in [4.78, 5) is 4.02. The highest BCUT2D eigenvalue weighted by molar-refractivity contribution is 5.89. The van der Waals surface area contributed by atoms with E-state index < -0.39 is 28.6 Å². The van der Waals surface area contributed by atoms with Crippen LogP contribution in [0.2, 0.25) is 0 Å². The van der Waals surface area contributed by atoms with Gasteiger partial charge in [-0.3, -0.25) is 10.4 Å². The van der Waals surface area contributed by atoms with Gasteiger partial charge in [0.15, 0.2) is 5.41 Å². The molecule has 1 N–H and O–H groups in total. The van der Waals surface area contributed by atoms with Gasteiger partial charge in [-0.05, 0) is 12.5 Å². The lowest BCUT2D eigenvalue weighted by Crippen LogP contribution is -2.58. The van der Waals surface area contributed by atoms with Crippen molar-refractivity contribution in [2.24, 2.45) is 16.7 Å². The van der Waals surface area contributed by atoms with Crippen molar-refractivity contribution in [1.82, 2.24) is 4.98 Å². The lowest BCUT2D eigenvalue weighted by Gasteiger charge is -2.48. The summed E-state index contributed by atoms with van der Waals surface area (Å²) in [5.41, 5.74) is -3.10. The first-order chi connectivity index (χ1) is 11.5. The Morgan fingerprint density at radius 2 is 2.00 bits per heavy atom. The summed E-state index contributed by atoms with van der Waals surface area (Å²) in [7, 11) is 0. The van der Waals surface area contributed by atoms with Gasteiger partial charge in [-0.15, -0.1) is 0 Å². The molecule has 7 heteroatoms. The number of ether oxygens (including phenoxy) is 2. The van der Waals surface area contributed by atoms with E-state index in [2.05, 4.69) is 11.1 Å². The van der Waals surface area contributed by atoms with Gasteiger partial charge in [0.2, 0.25) is 17.1 Å². The van der Waals surface area contributed by atoms with E-state index in [9.17, 15) is 15.8 Å². The molecule has 0 radical (unpaired) electrons. The number of hydrogen-bond acceptors (Lipinski definition) is 7. The highest BCUT2D eigenvalue weighted by Crippen LogP contribution is 2.66. The first kappa shape index (κ1) is 15.9. The molecule has 3 heterocycles. The third-order valence-corrected chi connectivity index (χ3v) is 5.11. The second-order valence-corrected chi connectivity index (χ2v) is 6.14. The van der Waals surface area contributed by atoms with Crippen molar-refractivity contribution < 1.29 is 9.47 Å². The van der Waals surface area contributed by atoms with Crippen LogP contribution in [0.25, 0.3) is 0 Å². The van der Waals surface area contributed by atoms with Crippen LogP contribution in [0.15, 0.2) is 24.5 Å². The van der Waals surface area contributed by atoms with Crippen LogP contribution in [0.3, 0.4) is 0 Å². The van der Waals surface area contributed by atoms with Crippen LogP contribution in [-0.2, 0) is 9.47 Å². The molecule has 0 aromatic carbocycles. The van der Waals surface area contributed by atoms with Gasteiger partial charge >= 0.3 is 0 Å². The molecule has 1 aromatic heterocycles. The van der Waals surface area contributed by atoms with Crippen LogP contribution in [0.4, 0.5) is 0 Å². The average molecular weight is 321 g/mol. The number of nitrogens with zero attached hydrogens (tertiary/aromatic N) is 4. The zero-order chi connectivity index (χ0) is 17.6. The van der Waals surface area contributed by atoms with Gasteiger partial charge < -0.3 is 9.47 Å². The highest BCUT2D eigenvalue weighted by Gasteiger charge is 2.78. The smallest absolute Gasteiger partial charge is 0.214 e. The van der Waals surface area contributed by atoms with E-state index in [0.29, 0.717) is 12.0 Å². The largest absolute Gasteiger partial charge is 0.448 e. The molecule has 2 fully saturated rings. The molecule has 2 aliphatic rings. The molecule has 1 aromatic rings. The molecule has 0 aliphatic carbocycles. The molecule has 2 bridgehead atoms. The zero-order valence-electron chi connectivity index (χ0n) is 13.3. The molecular formula is C17H15N5O2. The molecule has 2 aliphatic heterocycles. The summed E-state index contributed by atoms with van der Waals surface area (Å²) < 4.78 is 11.6. The lowest BCUT2D eigenvalue weighted by molar-refractivity contribution is -0.273. The van der Waals surface area contributed by atoms with E-state index in [1.807, 2.05) is 19.1 Å². The predicted octanol–water partition coefficient (Wildman–Crippen LogP) is 2.45. The van der Waals surface area contributed by atoms with Crippen molar-refractivity contribution in [1.29, 1.82) is 21.2 Å². The zero-order valence-corrected chi connectivity index (χ0v) is 13.3. The lowest BCUT2D eigenvalue weighted by atomic mass is 9.53. The summed E-state index contributed by atoms with van der Waals surface area (Å²) in [6.07, 6.45) is 2.45. The van der Waals surface area contributed by atoms with Crippen molar-refractivity contribution in [3.8, 4) is 18.2 Å². The van der Waals surface area contributed by atoms with Crippen LogP contribution in [0, 0.1) is 56.2 Å². The minimum atomic E-state index is -1.90. The number of nitrogens with one attached hydrogen (secondary N) is 1. The van der Waals surface area contributed by atoms with Crippen LogP contribution < -0.4 is 0 Å². The van der Waals surface area contributed by atoms with Crippen LogP contribution in [-0.4, -0.2) is 16.7 Å². The summed E-state index contributed by atoms with van der Waals surface area (Å²) in [5.74, 6) is -2.23. The van der Waals surface area contributed by atoms with E-state index in [-0.39, 0.29) is 5.90 Å². The minimum absolute atomic E-state index is 0.381. The fraction of sp³-hybridized carbons (Fsp3) is 0.471. The molecule has 4 unspecified atom stereocenters. The van der Waals surface area contributed by atoms with Gasteiger partial charge in [-0.1, -0.05) is 13.0 Å². The summed E-state index contributed by atoms with van der Waals surface area (Å²) in [5, 5.41) is 38.1. The fourth-order valence-electron chi connectivity index (χ4n) is 4.06. The number of fused-ring (bicyclic) bond motifs is 2. The molecule has 24 heavy (non-hydrogen) atoms. The minimum Gasteiger partial charge on any atom is -0.448 e. The van der Waals surface area contributed by atoms with Crippen molar-refractivity contribution in [3.63, 3.8) is 0 Å². The van der Waals surface area contributed by atoms with E-state index >= 15 is 0 Å². The number of aromatic nitrogens is 1. The summed E-state index contributed by atoms with van der Waals surface area (Å²) in [6.45, 7) is 3.47. The maximum Gasteiger partial charge on any atom is 0.214 e. The molecule has 7 nitrogen and oxygen atoms in total. The topological polar surface area (TPSA) is 127 Å². The van der Waals surface area contributed by atoms with Gasteiger partial charge in [0.25, 0.3) is 0 Å². The van der Waals surface area contributed by atoms with E-state index in [1.54, 1.807) is 25.3 Å². The molecule has 120 valence electrons. The van der Waals surface area contributed by atoms with Crippen molar-refractivity contribution in [3.05, 3.63) is 30.1 Å². The van der Waals surface area contributed by atoms with Gasteiger partial charge in [0.1, 0.15) is 6.10 Å². The normalized spacial score (nSPS) is 36.0. The van der Waals surface area contributed by atoms with E-state index in [4.69, 9.17) is 14.9 Å². The Morgan fingerprint density at radius 3 is 2.50 bits per heavy atom. The Hall–Kier alpha value is -2.95. The molecular weight excluding hydrogens is 306 g/mol. The third kappa shape index (κ3) is 1.56. The number of rotatable bonds is 2. The molecule has 3 rings (SSSR count). The predicted molar refractivity (Wildman–Crippen MR) is 80.8 cm³/mol. The second-order valence-electron chi connectivity index (χ2n) is 6.14. The second kappa shape index (κ2) is 5.03. The average Bonchev–Trinajstić information content (AvgIpc) is 2.78. The SMILES string of the molecule is CCC1C2(C)OC(=N)C1(C#N)C(C#N)(C#N)C(c1cccnc1)O2. The van der Waals surface area contributed by atoms with E-state index in [1.165, 1.54) is 6.20 Å². The Morgan fingerprint density at radius 1 is 1.29 bits per heavy atom. The number of nitriles is 3. The number of pyridine rings is 1. The maximum absolute atomic E-state index is 9.97. The van der Waals surface area contributed by atoms with E-state index in [0.717, 1.165) is 0 Å². The van der Waals surface area contributed by atoms with Crippen LogP contribution in [0.1, 0.15) is 31.9 Å². The van der Waals surface area contributed by atoms with Gasteiger partial charge in [0, 0.05) is 24.9 Å². The first-order valence-electron chi connectivity index (χ1n) is 7.55. The first-order valence-corrected chi connectivity index (χ1v) is 7.55. The Balaban J connectivity index is 2.34. The fourth-order valence-corrected chi connectivity index (χ4v) is 4.06. The van der Waals surface area contributed by atoms with Crippen molar-refractivity contribution in [2.75, 3.05) is 0 Å².